The quantitative estimate of drug-likeness (QED) is 0.842. The average molecular weight is 288 g/mol. The summed E-state index contributed by atoms with van der Waals surface area (Å²) in [5.74, 6) is 1.60. The molecule has 1 fully saturated rings. The van der Waals surface area contributed by atoms with Gasteiger partial charge in [-0.2, -0.15) is 0 Å². The van der Waals surface area contributed by atoms with E-state index in [1.54, 1.807) is 0 Å². The van der Waals surface area contributed by atoms with Gasteiger partial charge in [0.15, 0.2) is 0 Å². The lowest BCUT2D eigenvalue weighted by atomic mass is 9.91. The fourth-order valence-electron chi connectivity index (χ4n) is 3.19. The van der Waals surface area contributed by atoms with E-state index in [2.05, 4.69) is 62.2 Å². The van der Waals surface area contributed by atoms with E-state index < -0.39 is 0 Å². The molecule has 0 aromatic heterocycles. The van der Waals surface area contributed by atoms with Gasteiger partial charge in [0, 0.05) is 24.8 Å². The number of anilines is 1. The van der Waals surface area contributed by atoms with Crippen molar-refractivity contribution >= 4 is 5.69 Å². The van der Waals surface area contributed by atoms with Crippen LogP contribution in [0.25, 0.3) is 0 Å². The highest BCUT2D eigenvalue weighted by Gasteiger charge is 2.26. The zero-order valence-corrected chi connectivity index (χ0v) is 14.2. The number of hydrogen-bond donors (Lipinski definition) is 1. The standard InChI is InChI=1S/C19H32N2/c1-5-17-12-18(20-11-10-15(2)3)14-21(13-17)19-8-6-16(4)7-9-19/h6-9,15,17-18,20H,5,10-14H2,1-4H3. The van der Waals surface area contributed by atoms with E-state index in [1.165, 1.54) is 37.1 Å². The fourth-order valence-corrected chi connectivity index (χ4v) is 3.19. The zero-order chi connectivity index (χ0) is 15.2. The van der Waals surface area contributed by atoms with Gasteiger partial charge >= 0.3 is 0 Å². The van der Waals surface area contributed by atoms with E-state index in [1.807, 2.05) is 0 Å². The Balaban J connectivity index is 1.96. The van der Waals surface area contributed by atoms with Crippen molar-refractivity contribution in [1.29, 1.82) is 0 Å². The number of nitrogens with zero attached hydrogens (tertiary/aromatic N) is 1. The van der Waals surface area contributed by atoms with Crippen LogP contribution in [0.5, 0.6) is 0 Å². The highest BCUT2D eigenvalue weighted by molar-refractivity contribution is 5.48. The number of aryl methyl sites for hydroxylation is 1. The summed E-state index contributed by atoms with van der Waals surface area (Å²) in [6.45, 7) is 12.6. The van der Waals surface area contributed by atoms with Gasteiger partial charge in [-0.15, -0.1) is 0 Å². The maximum absolute atomic E-state index is 3.79. The normalized spacial score (nSPS) is 22.8. The van der Waals surface area contributed by atoms with E-state index in [-0.39, 0.29) is 0 Å². The largest absolute Gasteiger partial charge is 0.370 e. The molecular weight excluding hydrogens is 256 g/mol. The summed E-state index contributed by atoms with van der Waals surface area (Å²) >= 11 is 0. The molecule has 1 heterocycles. The first-order valence-electron chi connectivity index (χ1n) is 8.63. The smallest absolute Gasteiger partial charge is 0.0367 e. The molecule has 0 aliphatic carbocycles. The highest BCUT2D eigenvalue weighted by Crippen LogP contribution is 2.25. The summed E-state index contributed by atoms with van der Waals surface area (Å²) in [6.07, 6.45) is 3.89. The number of benzene rings is 1. The van der Waals surface area contributed by atoms with Crippen LogP contribution in [0.2, 0.25) is 0 Å². The van der Waals surface area contributed by atoms with Gasteiger partial charge in [0.25, 0.3) is 0 Å². The minimum absolute atomic E-state index is 0.642. The van der Waals surface area contributed by atoms with E-state index in [9.17, 15) is 0 Å². The van der Waals surface area contributed by atoms with Crippen molar-refractivity contribution in [2.24, 2.45) is 11.8 Å². The van der Waals surface area contributed by atoms with Gasteiger partial charge in [0.1, 0.15) is 0 Å². The molecule has 0 radical (unpaired) electrons. The number of nitrogens with one attached hydrogen (secondary N) is 1. The molecule has 1 aromatic carbocycles. The summed E-state index contributed by atoms with van der Waals surface area (Å²) in [4.78, 5) is 2.57. The molecule has 2 nitrogen and oxygen atoms in total. The first-order valence-corrected chi connectivity index (χ1v) is 8.63. The monoisotopic (exact) mass is 288 g/mol. The van der Waals surface area contributed by atoms with Gasteiger partial charge in [-0.3, -0.25) is 0 Å². The lowest BCUT2D eigenvalue weighted by Crippen LogP contribution is -2.49. The first kappa shape index (κ1) is 16.4. The molecule has 2 rings (SSSR count). The van der Waals surface area contributed by atoms with Gasteiger partial charge in [-0.05, 0) is 50.3 Å². The van der Waals surface area contributed by atoms with Crippen molar-refractivity contribution in [2.45, 2.75) is 53.0 Å². The van der Waals surface area contributed by atoms with E-state index in [0.717, 1.165) is 24.9 Å². The molecule has 1 saturated heterocycles. The van der Waals surface area contributed by atoms with Gasteiger partial charge in [-0.1, -0.05) is 44.9 Å². The molecule has 118 valence electrons. The molecule has 0 bridgehead atoms. The molecule has 2 heteroatoms. The molecule has 1 aliphatic heterocycles. The third kappa shape index (κ3) is 5.03. The second-order valence-corrected chi connectivity index (χ2v) is 7.08. The van der Waals surface area contributed by atoms with Crippen LogP contribution in [0.1, 0.15) is 45.6 Å². The summed E-state index contributed by atoms with van der Waals surface area (Å²) in [6, 6.07) is 9.65. The molecule has 0 amide bonds. The summed E-state index contributed by atoms with van der Waals surface area (Å²) < 4.78 is 0. The molecule has 1 N–H and O–H groups in total. The van der Waals surface area contributed by atoms with Crippen molar-refractivity contribution in [3.63, 3.8) is 0 Å². The van der Waals surface area contributed by atoms with Gasteiger partial charge in [0.05, 0.1) is 0 Å². The average Bonchev–Trinajstić information content (AvgIpc) is 2.47. The van der Waals surface area contributed by atoms with Crippen molar-refractivity contribution in [3.8, 4) is 0 Å². The Morgan fingerprint density at radius 3 is 2.52 bits per heavy atom. The number of hydrogen-bond acceptors (Lipinski definition) is 2. The first-order chi connectivity index (χ1) is 10.1. The van der Waals surface area contributed by atoms with E-state index >= 15 is 0 Å². The van der Waals surface area contributed by atoms with Crippen LogP contribution in [0.3, 0.4) is 0 Å². The van der Waals surface area contributed by atoms with Crippen molar-refractivity contribution in [3.05, 3.63) is 29.8 Å². The Labute approximate surface area is 130 Å². The van der Waals surface area contributed by atoms with Gasteiger partial charge in [-0.25, -0.2) is 0 Å². The SMILES string of the molecule is CCC1CC(NCCC(C)C)CN(c2ccc(C)cc2)C1. The summed E-state index contributed by atoms with van der Waals surface area (Å²) in [5.41, 5.74) is 2.73. The van der Waals surface area contributed by atoms with E-state index in [4.69, 9.17) is 0 Å². The molecular formula is C19H32N2. The Bertz CT molecular complexity index is 410. The van der Waals surface area contributed by atoms with Crippen molar-refractivity contribution in [1.82, 2.24) is 5.32 Å². The molecule has 1 aromatic rings. The van der Waals surface area contributed by atoms with Crippen LogP contribution in [0, 0.1) is 18.8 Å². The van der Waals surface area contributed by atoms with Gasteiger partial charge < -0.3 is 10.2 Å². The highest BCUT2D eigenvalue weighted by atomic mass is 15.2. The third-order valence-electron chi connectivity index (χ3n) is 4.67. The zero-order valence-electron chi connectivity index (χ0n) is 14.2. The fraction of sp³-hybridized carbons (Fsp3) is 0.684. The molecule has 21 heavy (non-hydrogen) atoms. The summed E-state index contributed by atoms with van der Waals surface area (Å²) in [7, 11) is 0. The van der Waals surface area contributed by atoms with E-state index in [0.29, 0.717) is 6.04 Å². The number of piperidine rings is 1. The summed E-state index contributed by atoms with van der Waals surface area (Å²) in [5, 5.41) is 3.79. The molecule has 0 saturated carbocycles. The predicted octanol–water partition coefficient (Wildman–Crippen LogP) is 4.24. The Morgan fingerprint density at radius 2 is 1.90 bits per heavy atom. The maximum atomic E-state index is 3.79. The third-order valence-corrected chi connectivity index (χ3v) is 4.67. The lowest BCUT2D eigenvalue weighted by molar-refractivity contribution is 0.322. The van der Waals surface area contributed by atoms with Crippen LogP contribution in [-0.2, 0) is 0 Å². The Kier molecular flexibility index (Phi) is 6.10. The molecule has 1 aliphatic rings. The van der Waals surface area contributed by atoms with Crippen molar-refractivity contribution < 1.29 is 0 Å². The van der Waals surface area contributed by atoms with Crippen LogP contribution < -0.4 is 10.2 Å². The topological polar surface area (TPSA) is 15.3 Å². The maximum Gasteiger partial charge on any atom is 0.0367 e. The minimum atomic E-state index is 0.642. The van der Waals surface area contributed by atoms with Crippen molar-refractivity contribution in [2.75, 3.05) is 24.5 Å². The van der Waals surface area contributed by atoms with Crippen LogP contribution in [0.4, 0.5) is 5.69 Å². The second-order valence-electron chi connectivity index (χ2n) is 7.08. The van der Waals surface area contributed by atoms with Gasteiger partial charge in [0.2, 0.25) is 0 Å². The second kappa shape index (κ2) is 7.84. The molecule has 0 spiro atoms. The minimum Gasteiger partial charge on any atom is -0.370 e. The molecule has 2 atom stereocenters. The predicted molar refractivity (Wildman–Crippen MR) is 93.0 cm³/mol. The van der Waals surface area contributed by atoms with Crippen LogP contribution in [-0.4, -0.2) is 25.7 Å². The molecule has 2 unspecified atom stereocenters. The lowest BCUT2D eigenvalue weighted by Gasteiger charge is -2.39. The Morgan fingerprint density at radius 1 is 1.19 bits per heavy atom. The Hall–Kier alpha value is -1.02. The number of rotatable bonds is 6. The van der Waals surface area contributed by atoms with Crippen LogP contribution in [0.15, 0.2) is 24.3 Å². The van der Waals surface area contributed by atoms with Crippen LogP contribution >= 0.6 is 0 Å².